The average Bonchev–Trinajstić information content (AvgIpc) is 2.98. The third kappa shape index (κ3) is 5.45. The van der Waals surface area contributed by atoms with Crippen LogP contribution in [0.4, 0.5) is 4.79 Å². The zero-order valence-corrected chi connectivity index (χ0v) is 15.2. The quantitative estimate of drug-likeness (QED) is 0.455. The first-order valence-corrected chi connectivity index (χ1v) is 9.32. The SMILES string of the molecule is C=CC[C@@H](CCCCCC)C(=O)N1C(=O)OC[C@@H]1Cc1ccccc1. The highest BCUT2D eigenvalue weighted by molar-refractivity contribution is 5.94. The lowest BCUT2D eigenvalue weighted by molar-refractivity contribution is -0.133. The first kappa shape index (κ1) is 19.2. The lowest BCUT2D eigenvalue weighted by Crippen LogP contribution is -2.43. The summed E-state index contributed by atoms with van der Waals surface area (Å²) >= 11 is 0. The van der Waals surface area contributed by atoms with Crippen molar-refractivity contribution in [2.24, 2.45) is 5.92 Å². The maximum atomic E-state index is 13.0. The molecule has 0 unspecified atom stereocenters. The normalized spacial score (nSPS) is 18.0. The van der Waals surface area contributed by atoms with Gasteiger partial charge >= 0.3 is 6.09 Å². The van der Waals surface area contributed by atoms with Crippen molar-refractivity contribution in [2.75, 3.05) is 6.61 Å². The van der Waals surface area contributed by atoms with Gasteiger partial charge in [-0.3, -0.25) is 4.79 Å². The zero-order valence-electron chi connectivity index (χ0n) is 15.2. The van der Waals surface area contributed by atoms with E-state index in [2.05, 4.69) is 13.5 Å². The number of carbonyl (C=O) groups is 2. The van der Waals surface area contributed by atoms with E-state index in [0.717, 1.165) is 31.2 Å². The summed E-state index contributed by atoms with van der Waals surface area (Å²) in [5, 5.41) is 0. The van der Waals surface area contributed by atoms with E-state index >= 15 is 0 Å². The minimum Gasteiger partial charge on any atom is -0.447 e. The number of rotatable bonds is 10. The Bertz CT molecular complexity index is 570. The molecular formula is C21H29NO3. The van der Waals surface area contributed by atoms with Crippen molar-refractivity contribution in [1.29, 1.82) is 0 Å². The van der Waals surface area contributed by atoms with E-state index in [1.54, 1.807) is 6.08 Å². The second kappa shape index (κ2) is 10.0. The zero-order chi connectivity index (χ0) is 18.1. The van der Waals surface area contributed by atoms with Crippen LogP contribution in [0, 0.1) is 5.92 Å². The van der Waals surface area contributed by atoms with Gasteiger partial charge in [-0.15, -0.1) is 6.58 Å². The summed E-state index contributed by atoms with van der Waals surface area (Å²) in [7, 11) is 0. The summed E-state index contributed by atoms with van der Waals surface area (Å²) in [6.07, 6.45) is 7.77. The summed E-state index contributed by atoms with van der Waals surface area (Å²) < 4.78 is 5.18. The molecule has 136 valence electrons. The second-order valence-corrected chi connectivity index (χ2v) is 6.70. The van der Waals surface area contributed by atoms with E-state index in [1.807, 2.05) is 30.3 Å². The fourth-order valence-corrected chi connectivity index (χ4v) is 3.32. The molecule has 0 aliphatic carbocycles. The van der Waals surface area contributed by atoms with E-state index in [9.17, 15) is 9.59 Å². The number of hydrogen-bond acceptors (Lipinski definition) is 3. The molecule has 4 heteroatoms. The highest BCUT2D eigenvalue weighted by Crippen LogP contribution is 2.24. The van der Waals surface area contributed by atoms with Crippen LogP contribution in [0.1, 0.15) is 51.0 Å². The van der Waals surface area contributed by atoms with Crippen molar-refractivity contribution >= 4 is 12.0 Å². The first-order valence-electron chi connectivity index (χ1n) is 9.32. The fraction of sp³-hybridized carbons (Fsp3) is 0.524. The van der Waals surface area contributed by atoms with Crippen molar-refractivity contribution in [2.45, 2.75) is 57.9 Å². The summed E-state index contributed by atoms with van der Waals surface area (Å²) in [5.41, 5.74) is 1.10. The molecule has 0 aromatic heterocycles. The van der Waals surface area contributed by atoms with Gasteiger partial charge in [-0.1, -0.05) is 69.0 Å². The molecule has 1 heterocycles. The van der Waals surface area contributed by atoms with Gasteiger partial charge in [0.15, 0.2) is 0 Å². The van der Waals surface area contributed by atoms with Gasteiger partial charge in [-0.2, -0.15) is 0 Å². The topological polar surface area (TPSA) is 46.6 Å². The van der Waals surface area contributed by atoms with Crippen molar-refractivity contribution < 1.29 is 14.3 Å². The van der Waals surface area contributed by atoms with E-state index < -0.39 is 6.09 Å². The van der Waals surface area contributed by atoms with Gasteiger partial charge in [0.05, 0.1) is 6.04 Å². The Morgan fingerprint density at radius 3 is 2.76 bits per heavy atom. The smallest absolute Gasteiger partial charge is 0.416 e. The van der Waals surface area contributed by atoms with Crippen molar-refractivity contribution in [1.82, 2.24) is 4.90 Å². The summed E-state index contributed by atoms with van der Waals surface area (Å²) in [5.74, 6) is -0.293. The van der Waals surface area contributed by atoms with E-state index in [4.69, 9.17) is 4.74 Å². The van der Waals surface area contributed by atoms with E-state index in [1.165, 1.54) is 11.3 Å². The molecule has 2 amide bonds. The highest BCUT2D eigenvalue weighted by atomic mass is 16.6. The number of cyclic esters (lactones) is 1. The minimum atomic E-state index is -0.506. The Morgan fingerprint density at radius 1 is 1.32 bits per heavy atom. The lowest BCUT2D eigenvalue weighted by Gasteiger charge is -2.24. The largest absolute Gasteiger partial charge is 0.447 e. The third-order valence-corrected chi connectivity index (χ3v) is 4.72. The molecule has 0 N–H and O–H groups in total. The molecule has 0 radical (unpaired) electrons. The first-order chi connectivity index (χ1) is 12.2. The van der Waals surface area contributed by atoms with Crippen LogP contribution in [0.15, 0.2) is 43.0 Å². The van der Waals surface area contributed by atoms with Gasteiger partial charge in [-0.05, 0) is 24.8 Å². The molecular weight excluding hydrogens is 314 g/mol. The summed E-state index contributed by atoms with van der Waals surface area (Å²) in [6, 6.07) is 9.69. The minimum absolute atomic E-state index is 0.111. The maximum absolute atomic E-state index is 13.0. The number of benzene rings is 1. The van der Waals surface area contributed by atoms with Crippen molar-refractivity contribution in [3.05, 3.63) is 48.6 Å². The van der Waals surface area contributed by atoms with Gasteiger partial charge in [0.2, 0.25) is 5.91 Å². The van der Waals surface area contributed by atoms with Gasteiger partial charge in [0, 0.05) is 5.92 Å². The van der Waals surface area contributed by atoms with Gasteiger partial charge < -0.3 is 4.74 Å². The van der Waals surface area contributed by atoms with Gasteiger partial charge in [-0.25, -0.2) is 9.69 Å². The number of hydrogen-bond donors (Lipinski definition) is 0. The highest BCUT2D eigenvalue weighted by Gasteiger charge is 2.40. The van der Waals surface area contributed by atoms with E-state index in [-0.39, 0.29) is 24.5 Å². The predicted molar refractivity (Wildman–Crippen MR) is 99.2 cm³/mol. The molecule has 0 saturated carbocycles. The standard InChI is InChI=1S/C21H29NO3/c1-3-5-6-10-14-18(11-4-2)20(23)22-19(16-25-21(22)24)15-17-12-8-7-9-13-17/h4,7-9,12-13,18-19H,2-3,5-6,10-11,14-16H2,1H3/t18-,19-/m0/s1. The Morgan fingerprint density at radius 2 is 2.08 bits per heavy atom. The number of unbranched alkanes of at least 4 members (excludes halogenated alkanes) is 3. The number of allylic oxidation sites excluding steroid dienone is 1. The van der Waals surface area contributed by atoms with Crippen LogP contribution >= 0.6 is 0 Å². The molecule has 4 nitrogen and oxygen atoms in total. The van der Waals surface area contributed by atoms with Gasteiger partial charge in [0.25, 0.3) is 0 Å². The van der Waals surface area contributed by atoms with Crippen LogP contribution in [0.3, 0.4) is 0 Å². The summed E-state index contributed by atoms with van der Waals surface area (Å²) in [4.78, 5) is 26.5. The number of ether oxygens (including phenoxy) is 1. The average molecular weight is 343 g/mol. The second-order valence-electron chi connectivity index (χ2n) is 6.70. The molecule has 25 heavy (non-hydrogen) atoms. The molecule has 2 atom stereocenters. The molecule has 2 rings (SSSR count). The molecule has 1 fully saturated rings. The molecule has 1 aromatic carbocycles. The Kier molecular flexibility index (Phi) is 7.71. The summed E-state index contributed by atoms with van der Waals surface area (Å²) in [6.45, 7) is 6.21. The lowest BCUT2D eigenvalue weighted by atomic mass is 9.95. The fourth-order valence-electron chi connectivity index (χ4n) is 3.32. The predicted octanol–water partition coefficient (Wildman–Crippen LogP) is 4.74. The molecule has 1 aliphatic rings. The molecule has 0 spiro atoms. The number of nitrogens with zero attached hydrogens (tertiary/aromatic N) is 1. The van der Waals surface area contributed by atoms with Crippen LogP contribution in [0.5, 0.6) is 0 Å². The van der Waals surface area contributed by atoms with Crippen LogP contribution in [-0.2, 0) is 16.0 Å². The number of imide groups is 1. The Labute approximate surface area is 150 Å². The molecule has 1 aliphatic heterocycles. The van der Waals surface area contributed by atoms with Crippen LogP contribution < -0.4 is 0 Å². The van der Waals surface area contributed by atoms with E-state index in [0.29, 0.717) is 12.8 Å². The third-order valence-electron chi connectivity index (χ3n) is 4.72. The van der Waals surface area contributed by atoms with Crippen LogP contribution in [0.25, 0.3) is 0 Å². The Hall–Kier alpha value is -2.10. The monoisotopic (exact) mass is 343 g/mol. The number of amides is 2. The van der Waals surface area contributed by atoms with Crippen molar-refractivity contribution in [3.63, 3.8) is 0 Å². The maximum Gasteiger partial charge on any atom is 0.416 e. The van der Waals surface area contributed by atoms with Gasteiger partial charge in [0.1, 0.15) is 6.61 Å². The number of carbonyl (C=O) groups excluding carboxylic acids is 2. The van der Waals surface area contributed by atoms with Crippen LogP contribution in [-0.4, -0.2) is 29.5 Å². The Balaban J connectivity index is 2.03. The van der Waals surface area contributed by atoms with Crippen LogP contribution in [0.2, 0.25) is 0 Å². The molecule has 1 saturated heterocycles. The molecule has 0 bridgehead atoms. The molecule has 1 aromatic rings. The van der Waals surface area contributed by atoms with Crippen molar-refractivity contribution in [3.8, 4) is 0 Å².